The minimum atomic E-state index is 0.0735. The monoisotopic (exact) mass is 276 g/mol. The largest absolute Gasteiger partial charge is 0.294 e. The molecule has 58 valence electrons. The first-order valence-electron chi connectivity index (χ1n) is 3.07. The van der Waals surface area contributed by atoms with E-state index < -0.39 is 0 Å². The van der Waals surface area contributed by atoms with Crippen LogP contribution in [0.5, 0.6) is 0 Å². The van der Waals surface area contributed by atoms with Crippen molar-refractivity contribution in [3.63, 3.8) is 0 Å². The molecule has 11 heavy (non-hydrogen) atoms. The summed E-state index contributed by atoms with van der Waals surface area (Å²) in [5, 5.41) is 0. The van der Waals surface area contributed by atoms with Gasteiger partial charge in [-0.25, -0.2) is 0 Å². The molecule has 0 aliphatic rings. The molecule has 1 aromatic rings. The fraction of sp³-hybridized carbons (Fsp3) is 0.125. The molecule has 1 rings (SSSR count). The second-order valence-electron chi connectivity index (χ2n) is 2.18. The molecule has 0 heterocycles. The van der Waals surface area contributed by atoms with Crippen LogP contribution in [0.2, 0.25) is 0 Å². The van der Waals surface area contributed by atoms with Gasteiger partial charge in [0.15, 0.2) is 5.78 Å². The third-order valence-electron chi connectivity index (χ3n) is 1.31. The van der Waals surface area contributed by atoms with E-state index >= 15 is 0 Å². The van der Waals surface area contributed by atoms with Crippen LogP contribution in [0.3, 0.4) is 0 Å². The maximum atomic E-state index is 10.9. The van der Waals surface area contributed by atoms with E-state index in [1.807, 2.05) is 12.1 Å². The van der Waals surface area contributed by atoms with Crippen LogP contribution in [-0.2, 0) is 0 Å². The molecule has 0 fully saturated rings. The van der Waals surface area contributed by atoms with Gasteiger partial charge < -0.3 is 0 Å². The van der Waals surface area contributed by atoms with Crippen LogP contribution >= 0.6 is 31.9 Å². The first-order chi connectivity index (χ1) is 5.11. The van der Waals surface area contributed by atoms with Crippen molar-refractivity contribution in [1.82, 2.24) is 0 Å². The highest BCUT2D eigenvalue weighted by molar-refractivity contribution is 9.11. The average Bonchev–Trinajstić information content (AvgIpc) is 1.85. The lowest BCUT2D eigenvalue weighted by atomic mass is 10.2. The fourth-order valence-corrected chi connectivity index (χ4v) is 2.10. The fourth-order valence-electron chi connectivity index (χ4n) is 0.775. The molecular weight excluding hydrogens is 272 g/mol. The van der Waals surface area contributed by atoms with Gasteiger partial charge in [-0.1, -0.05) is 31.9 Å². The van der Waals surface area contributed by atoms with E-state index in [-0.39, 0.29) is 5.78 Å². The lowest BCUT2D eigenvalue weighted by Gasteiger charge is -1.98. The lowest BCUT2D eigenvalue weighted by molar-refractivity contribution is 0.101. The summed E-state index contributed by atoms with van der Waals surface area (Å²) in [6.07, 6.45) is 0. The number of hydrogen-bond donors (Lipinski definition) is 0. The maximum absolute atomic E-state index is 10.9. The van der Waals surface area contributed by atoms with Gasteiger partial charge in [0.05, 0.1) is 0 Å². The number of hydrogen-bond acceptors (Lipinski definition) is 1. The molecule has 0 bridgehead atoms. The minimum absolute atomic E-state index is 0.0735. The highest BCUT2D eigenvalue weighted by Crippen LogP contribution is 2.21. The minimum Gasteiger partial charge on any atom is -0.294 e. The Labute approximate surface area is 82.1 Å². The summed E-state index contributed by atoms with van der Waals surface area (Å²) in [7, 11) is 0. The quantitative estimate of drug-likeness (QED) is 0.719. The van der Waals surface area contributed by atoms with E-state index in [2.05, 4.69) is 31.9 Å². The smallest absolute Gasteiger partial charge is 0.160 e. The first-order valence-corrected chi connectivity index (χ1v) is 4.66. The van der Waals surface area contributed by atoms with Crippen LogP contribution in [0.15, 0.2) is 27.1 Å². The van der Waals surface area contributed by atoms with Crippen LogP contribution in [0.4, 0.5) is 0 Å². The number of halogens is 2. The number of carbonyl (C=O) groups excluding carboxylic acids is 1. The Morgan fingerprint density at radius 2 is 2.00 bits per heavy atom. The standard InChI is InChI=1S/C8H6Br2O/c1-5(11)7-3-2-6(9)4-8(7)10/h2-4H,1H3. The van der Waals surface area contributed by atoms with E-state index in [0.29, 0.717) is 5.56 Å². The van der Waals surface area contributed by atoms with Crippen molar-refractivity contribution < 1.29 is 4.79 Å². The number of rotatable bonds is 1. The van der Waals surface area contributed by atoms with Crippen molar-refractivity contribution in [2.24, 2.45) is 0 Å². The molecule has 0 spiro atoms. The Bertz CT molecular complexity index is 294. The SMILES string of the molecule is CC(=O)c1ccc(Br)cc1Br. The molecule has 0 aliphatic carbocycles. The molecule has 1 nitrogen and oxygen atoms in total. The normalized spacial score (nSPS) is 9.73. The third kappa shape index (κ3) is 2.14. The van der Waals surface area contributed by atoms with Gasteiger partial charge in [-0.3, -0.25) is 4.79 Å². The summed E-state index contributed by atoms with van der Waals surface area (Å²) in [5.41, 5.74) is 0.716. The summed E-state index contributed by atoms with van der Waals surface area (Å²) in [6.45, 7) is 1.55. The summed E-state index contributed by atoms with van der Waals surface area (Å²) in [6, 6.07) is 5.49. The molecule has 1 aromatic carbocycles. The highest BCUT2D eigenvalue weighted by Gasteiger charge is 2.03. The molecule has 0 amide bonds. The van der Waals surface area contributed by atoms with E-state index in [4.69, 9.17) is 0 Å². The summed E-state index contributed by atoms with van der Waals surface area (Å²) in [4.78, 5) is 10.9. The second-order valence-corrected chi connectivity index (χ2v) is 3.95. The number of ketones is 1. The molecule has 0 atom stereocenters. The highest BCUT2D eigenvalue weighted by atomic mass is 79.9. The average molecular weight is 278 g/mol. The number of carbonyl (C=O) groups is 1. The molecule has 0 saturated carbocycles. The topological polar surface area (TPSA) is 17.1 Å². The zero-order valence-electron chi connectivity index (χ0n) is 5.90. The second kappa shape index (κ2) is 3.50. The van der Waals surface area contributed by atoms with Crippen molar-refractivity contribution in [1.29, 1.82) is 0 Å². The molecular formula is C8H6Br2O. The van der Waals surface area contributed by atoms with Gasteiger partial charge >= 0.3 is 0 Å². The predicted octanol–water partition coefficient (Wildman–Crippen LogP) is 3.41. The zero-order valence-corrected chi connectivity index (χ0v) is 9.07. The summed E-state index contributed by atoms with van der Waals surface area (Å²) in [5.74, 6) is 0.0735. The Morgan fingerprint density at radius 1 is 1.36 bits per heavy atom. The van der Waals surface area contributed by atoms with Gasteiger partial charge in [0, 0.05) is 14.5 Å². The van der Waals surface area contributed by atoms with E-state index in [0.717, 1.165) is 8.95 Å². The Hall–Kier alpha value is -0.150. The molecule has 0 aliphatic heterocycles. The molecule has 3 heteroatoms. The first kappa shape index (κ1) is 8.94. The maximum Gasteiger partial charge on any atom is 0.160 e. The van der Waals surface area contributed by atoms with Crippen LogP contribution in [0.1, 0.15) is 17.3 Å². The Balaban J connectivity index is 3.20. The van der Waals surface area contributed by atoms with Crippen LogP contribution in [0.25, 0.3) is 0 Å². The number of benzene rings is 1. The van der Waals surface area contributed by atoms with Crippen molar-refractivity contribution in [2.75, 3.05) is 0 Å². The van der Waals surface area contributed by atoms with Gasteiger partial charge in [0.1, 0.15) is 0 Å². The van der Waals surface area contributed by atoms with Crippen LogP contribution < -0.4 is 0 Å². The van der Waals surface area contributed by atoms with Crippen molar-refractivity contribution in [3.05, 3.63) is 32.7 Å². The van der Waals surface area contributed by atoms with Gasteiger partial charge in [-0.2, -0.15) is 0 Å². The van der Waals surface area contributed by atoms with Gasteiger partial charge in [-0.15, -0.1) is 0 Å². The summed E-state index contributed by atoms with van der Waals surface area (Å²) < 4.78 is 1.80. The lowest BCUT2D eigenvalue weighted by Crippen LogP contribution is -1.92. The van der Waals surface area contributed by atoms with E-state index in [1.165, 1.54) is 0 Å². The molecule has 0 aromatic heterocycles. The van der Waals surface area contributed by atoms with Crippen LogP contribution in [-0.4, -0.2) is 5.78 Å². The van der Waals surface area contributed by atoms with E-state index in [1.54, 1.807) is 13.0 Å². The summed E-state index contributed by atoms with van der Waals surface area (Å²) >= 11 is 6.60. The Morgan fingerprint density at radius 3 is 2.45 bits per heavy atom. The molecule has 0 unspecified atom stereocenters. The molecule has 0 N–H and O–H groups in total. The Kier molecular flexibility index (Phi) is 2.84. The number of Topliss-reactive ketones (excluding diaryl/α,β-unsaturated/α-hetero) is 1. The van der Waals surface area contributed by atoms with Crippen molar-refractivity contribution >= 4 is 37.6 Å². The van der Waals surface area contributed by atoms with Gasteiger partial charge in [0.2, 0.25) is 0 Å². The molecule has 0 saturated heterocycles. The van der Waals surface area contributed by atoms with Crippen molar-refractivity contribution in [2.45, 2.75) is 6.92 Å². The van der Waals surface area contributed by atoms with Gasteiger partial charge in [0.25, 0.3) is 0 Å². The zero-order chi connectivity index (χ0) is 8.43. The predicted molar refractivity (Wildman–Crippen MR) is 51.8 cm³/mol. The van der Waals surface area contributed by atoms with Crippen LogP contribution in [0, 0.1) is 0 Å². The molecule has 0 radical (unpaired) electrons. The van der Waals surface area contributed by atoms with Gasteiger partial charge in [-0.05, 0) is 25.1 Å². The van der Waals surface area contributed by atoms with Crippen molar-refractivity contribution in [3.8, 4) is 0 Å². The van der Waals surface area contributed by atoms with E-state index in [9.17, 15) is 4.79 Å². The third-order valence-corrected chi connectivity index (χ3v) is 2.46.